The van der Waals surface area contributed by atoms with Crippen molar-refractivity contribution in [3.63, 3.8) is 0 Å². The highest BCUT2D eigenvalue weighted by Crippen LogP contribution is 2.21. The number of nitrogens with one attached hydrogen (secondary N) is 2. The topological polar surface area (TPSA) is 93.1 Å². The lowest BCUT2D eigenvalue weighted by molar-refractivity contribution is -0.120. The lowest BCUT2D eigenvalue weighted by Gasteiger charge is -2.19. The number of hydrogen-bond acceptors (Lipinski definition) is 4. The summed E-state index contributed by atoms with van der Waals surface area (Å²) in [6.07, 6.45) is 4.71. The highest BCUT2D eigenvalue weighted by atomic mass is 32.2. The predicted octanol–water partition coefficient (Wildman–Crippen LogP) is 2.66. The van der Waals surface area contributed by atoms with Gasteiger partial charge in [0.2, 0.25) is 15.9 Å². The van der Waals surface area contributed by atoms with Crippen molar-refractivity contribution >= 4 is 22.0 Å². The lowest BCUT2D eigenvalue weighted by Crippen LogP contribution is -2.39. The van der Waals surface area contributed by atoms with Crippen LogP contribution in [0.1, 0.15) is 28.6 Å². The smallest absolute Gasteiger partial charge is 0.235 e. The Kier molecular flexibility index (Phi) is 6.98. The number of imidazole rings is 1. The molecule has 1 unspecified atom stereocenters. The van der Waals surface area contributed by atoms with Crippen LogP contribution in [0.15, 0.2) is 66.3 Å². The third kappa shape index (κ3) is 6.34. The quantitative estimate of drug-likeness (QED) is 0.561. The van der Waals surface area contributed by atoms with Crippen molar-refractivity contribution in [2.24, 2.45) is 7.05 Å². The molecular weight excluding hydrogens is 419 g/mol. The minimum absolute atomic E-state index is 0.451. The number of sulfonamides is 1. The number of amides is 1. The van der Waals surface area contributed by atoms with E-state index in [1.54, 1.807) is 42.2 Å². The first-order chi connectivity index (χ1) is 14.7. The number of halogens is 1. The number of hydrogen-bond donors (Lipinski definition) is 2. The number of rotatable bonds is 8. The molecule has 0 fully saturated rings. The maximum absolute atomic E-state index is 13.7. The van der Waals surface area contributed by atoms with Gasteiger partial charge in [0.25, 0.3) is 0 Å². The van der Waals surface area contributed by atoms with Gasteiger partial charge in [-0.05, 0) is 36.3 Å². The van der Waals surface area contributed by atoms with Gasteiger partial charge in [-0.3, -0.25) is 4.79 Å². The van der Waals surface area contributed by atoms with Crippen molar-refractivity contribution in [2.45, 2.75) is 13.0 Å². The van der Waals surface area contributed by atoms with E-state index >= 15 is 0 Å². The molecule has 3 aromatic rings. The van der Waals surface area contributed by atoms with Crippen LogP contribution in [0.4, 0.5) is 4.39 Å². The third-order valence-corrected chi connectivity index (χ3v) is 5.60. The monoisotopic (exact) mass is 442 g/mol. The van der Waals surface area contributed by atoms with Gasteiger partial charge in [0.15, 0.2) is 0 Å². The maximum Gasteiger partial charge on any atom is 0.235 e. The van der Waals surface area contributed by atoms with E-state index in [4.69, 9.17) is 0 Å². The Morgan fingerprint density at radius 3 is 2.61 bits per heavy atom. The van der Waals surface area contributed by atoms with E-state index in [0.29, 0.717) is 11.4 Å². The van der Waals surface area contributed by atoms with Crippen molar-refractivity contribution in [3.05, 3.63) is 94.7 Å². The van der Waals surface area contributed by atoms with Crippen molar-refractivity contribution in [1.29, 1.82) is 0 Å². The van der Waals surface area contributed by atoms with Crippen LogP contribution < -0.4 is 10.0 Å². The summed E-state index contributed by atoms with van der Waals surface area (Å²) in [5.74, 6) is -0.543. The zero-order valence-corrected chi connectivity index (χ0v) is 17.9. The van der Waals surface area contributed by atoms with E-state index in [2.05, 4.69) is 15.0 Å². The molecule has 0 saturated carbocycles. The molecule has 0 aliphatic carbocycles. The van der Waals surface area contributed by atoms with Gasteiger partial charge >= 0.3 is 0 Å². The summed E-state index contributed by atoms with van der Waals surface area (Å²) >= 11 is 0. The lowest BCUT2D eigenvalue weighted by atomic mass is 10.1. The van der Waals surface area contributed by atoms with Crippen molar-refractivity contribution in [2.75, 3.05) is 6.54 Å². The van der Waals surface area contributed by atoms with Crippen LogP contribution in [-0.4, -0.2) is 30.4 Å². The summed E-state index contributed by atoms with van der Waals surface area (Å²) in [5, 5.41) is 3.72. The van der Waals surface area contributed by atoms with Crippen LogP contribution in [0.3, 0.4) is 0 Å². The fourth-order valence-electron chi connectivity index (χ4n) is 2.91. The highest BCUT2D eigenvalue weighted by molar-refractivity contribution is 7.92. The molecule has 3 rings (SSSR count). The molecule has 0 saturated heterocycles. The first kappa shape index (κ1) is 22.4. The van der Waals surface area contributed by atoms with Crippen LogP contribution in [-0.2, 0) is 21.9 Å². The Morgan fingerprint density at radius 1 is 1.23 bits per heavy atom. The fourth-order valence-corrected chi connectivity index (χ4v) is 3.68. The summed E-state index contributed by atoms with van der Waals surface area (Å²) < 4.78 is 42.1. The Labute approximate surface area is 180 Å². The first-order valence-electron chi connectivity index (χ1n) is 9.50. The molecule has 7 nitrogen and oxygen atoms in total. The average molecular weight is 443 g/mol. The van der Waals surface area contributed by atoms with Gasteiger partial charge in [-0.25, -0.2) is 22.5 Å². The van der Waals surface area contributed by atoms with Crippen LogP contribution in [0.5, 0.6) is 0 Å². The van der Waals surface area contributed by atoms with Crippen LogP contribution in [0.2, 0.25) is 0 Å². The van der Waals surface area contributed by atoms with E-state index < -0.39 is 34.3 Å². The Morgan fingerprint density at radius 2 is 1.97 bits per heavy atom. The molecule has 0 bridgehead atoms. The summed E-state index contributed by atoms with van der Waals surface area (Å²) in [6, 6.07) is 12.4. The summed E-state index contributed by atoms with van der Waals surface area (Å²) in [5.41, 5.74) is 2.28. The number of benzene rings is 2. The second-order valence-electron chi connectivity index (χ2n) is 7.03. The molecule has 162 valence electrons. The number of aryl methyl sites for hydroxylation is 2. The molecule has 1 atom stereocenters. The van der Waals surface area contributed by atoms with E-state index in [0.717, 1.165) is 16.5 Å². The number of nitrogens with zero attached hydrogens (tertiary/aromatic N) is 2. The molecular formula is C22H23FN4O3S. The molecule has 0 radical (unpaired) electrons. The minimum atomic E-state index is -3.83. The van der Waals surface area contributed by atoms with Gasteiger partial charge in [-0.1, -0.05) is 42.0 Å². The molecule has 2 N–H and O–H groups in total. The number of carbonyl (C=O) groups excluding carboxylic acids is 1. The van der Waals surface area contributed by atoms with Gasteiger partial charge < -0.3 is 9.88 Å². The molecule has 1 amide bonds. The van der Waals surface area contributed by atoms with Crippen LogP contribution in [0, 0.1) is 12.7 Å². The molecule has 31 heavy (non-hydrogen) atoms. The predicted molar refractivity (Wildman–Crippen MR) is 117 cm³/mol. The van der Waals surface area contributed by atoms with Crippen molar-refractivity contribution in [1.82, 2.24) is 19.6 Å². The van der Waals surface area contributed by atoms with Gasteiger partial charge in [-0.15, -0.1) is 0 Å². The molecule has 1 aromatic heterocycles. The molecule has 2 aromatic carbocycles. The molecule has 0 spiro atoms. The Hall–Kier alpha value is -3.30. The van der Waals surface area contributed by atoms with Gasteiger partial charge in [0, 0.05) is 24.8 Å². The highest BCUT2D eigenvalue weighted by Gasteiger charge is 2.21. The van der Waals surface area contributed by atoms with Gasteiger partial charge in [0.05, 0.1) is 6.54 Å². The number of carbonyl (C=O) groups is 1. The van der Waals surface area contributed by atoms with Crippen molar-refractivity contribution < 1.29 is 17.6 Å². The largest absolute Gasteiger partial charge is 0.341 e. The standard InChI is InChI=1S/C22H23FN4O3S/c1-16-6-8-17(9-7-16)10-13-31(29,30)25-15-20(28)26-21(22-24-11-12-27(22)2)18-4-3-5-19(23)14-18/h3-14,21,25H,15H2,1-2H3,(H,26,28). The third-order valence-electron chi connectivity index (χ3n) is 4.55. The zero-order valence-electron chi connectivity index (χ0n) is 17.1. The van der Waals surface area contributed by atoms with Gasteiger partial charge in [0.1, 0.15) is 17.7 Å². The summed E-state index contributed by atoms with van der Waals surface area (Å²) in [6.45, 7) is 1.46. The van der Waals surface area contributed by atoms with Crippen LogP contribution >= 0.6 is 0 Å². The zero-order chi connectivity index (χ0) is 22.4. The van der Waals surface area contributed by atoms with Gasteiger partial charge in [-0.2, -0.15) is 0 Å². The molecule has 9 heteroatoms. The second kappa shape index (κ2) is 9.67. The van der Waals surface area contributed by atoms with E-state index in [1.807, 2.05) is 19.1 Å². The average Bonchev–Trinajstić information content (AvgIpc) is 3.16. The summed E-state index contributed by atoms with van der Waals surface area (Å²) in [7, 11) is -2.08. The molecule has 0 aliphatic rings. The molecule has 0 aliphatic heterocycles. The minimum Gasteiger partial charge on any atom is -0.341 e. The summed E-state index contributed by atoms with van der Waals surface area (Å²) in [4.78, 5) is 16.7. The van der Waals surface area contributed by atoms with E-state index in [9.17, 15) is 17.6 Å². The number of aromatic nitrogens is 2. The SMILES string of the molecule is Cc1ccc(C=CS(=O)(=O)NCC(=O)NC(c2cccc(F)c2)c2nccn2C)cc1. The molecule has 1 heterocycles. The van der Waals surface area contributed by atoms with E-state index in [1.165, 1.54) is 24.3 Å². The maximum atomic E-state index is 13.7. The second-order valence-corrected chi connectivity index (χ2v) is 8.68. The Bertz CT molecular complexity index is 1190. The fraction of sp³-hybridized carbons (Fsp3) is 0.182. The Balaban J connectivity index is 1.68. The normalized spacial score (nSPS) is 12.7. The van der Waals surface area contributed by atoms with Crippen LogP contribution in [0.25, 0.3) is 6.08 Å². The van der Waals surface area contributed by atoms with E-state index in [-0.39, 0.29) is 0 Å². The van der Waals surface area contributed by atoms with Crippen molar-refractivity contribution in [3.8, 4) is 0 Å². The first-order valence-corrected chi connectivity index (χ1v) is 11.0.